The molecule has 2 aromatic heterocycles. The summed E-state index contributed by atoms with van der Waals surface area (Å²) in [6.45, 7) is 0. The molecule has 0 aliphatic heterocycles. The van der Waals surface area contributed by atoms with Gasteiger partial charge < -0.3 is 5.73 Å². The van der Waals surface area contributed by atoms with Crippen molar-refractivity contribution in [3.8, 4) is 5.82 Å². The zero-order chi connectivity index (χ0) is 9.26. The first-order valence-corrected chi connectivity index (χ1v) is 4.61. The lowest BCUT2D eigenvalue weighted by atomic mass is 10.6. The average Bonchev–Trinajstić information content (AvgIpc) is 2.61. The summed E-state index contributed by atoms with van der Waals surface area (Å²) in [4.78, 5) is 11.9. The van der Waals surface area contributed by atoms with E-state index in [1.165, 1.54) is 0 Å². The molecule has 2 heterocycles. The van der Waals surface area contributed by atoms with Crippen LogP contribution in [0.25, 0.3) is 5.82 Å². The highest BCUT2D eigenvalue weighted by Gasteiger charge is 2.03. The normalized spacial score (nSPS) is 10.2. The average molecular weight is 287 g/mol. The molecule has 0 spiro atoms. The molecule has 0 saturated heterocycles. The highest BCUT2D eigenvalue weighted by atomic mass is 127. The number of hydrogen-bond acceptors (Lipinski definition) is 4. The second-order valence-electron chi connectivity index (χ2n) is 2.37. The molecule has 2 aromatic rings. The summed E-state index contributed by atoms with van der Waals surface area (Å²) in [5.74, 6) is 1.02. The lowest BCUT2D eigenvalue weighted by Crippen LogP contribution is -2.03. The second kappa shape index (κ2) is 3.29. The van der Waals surface area contributed by atoms with Gasteiger partial charge in [-0.15, -0.1) is 0 Å². The number of hydrogen-bond donors (Lipinski definition) is 1. The van der Waals surface area contributed by atoms with Gasteiger partial charge in [0.15, 0.2) is 5.82 Å². The molecule has 0 radical (unpaired) electrons. The van der Waals surface area contributed by atoms with Crippen molar-refractivity contribution >= 4 is 28.5 Å². The van der Waals surface area contributed by atoms with Gasteiger partial charge in [0.05, 0.1) is 3.57 Å². The number of imidazole rings is 1. The van der Waals surface area contributed by atoms with Crippen LogP contribution in [0.5, 0.6) is 0 Å². The number of rotatable bonds is 1. The van der Waals surface area contributed by atoms with Crippen LogP contribution in [-0.4, -0.2) is 19.5 Å². The van der Waals surface area contributed by atoms with E-state index in [4.69, 9.17) is 5.73 Å². The summed E-state index contributed by atoms with van der Waals surface area (Å²) in [6.07, 6.45) is 6.85. The Morgan fingerprint density at radius 1 is 1.46 bits per heavy atom. The maximum atomic E-state index is 5.47. The fourth-order valence-electron chi connectivity index (χ4n) is 0.937. The molecule has 2 rings (SSSR count). The van der Waals surface area contributed by atoms with Gasteiger partial charge in [-0.05, 0) is 22.6 Å². The van der Waals surface area contributed by atoms with Crippen LogP contribution in [0, 0.1) is 3.57 Å². The number of nitrogens with two attached hydrogens (primary N) is 1. The quantitative estimate of drug-likeness (QED) is 0.789. The molecule has 0 bridgehead atoms. The van der Waals surface area contributed by atoms with Crippen molar-refractivity contribution in [2.45, 2.75) is 0 Å². The van der Waals surface area contributed by atoms with Crippen molar-refractivity contribution in [3.05, 3.63) is 28.5 Å². The van der Waals surface area contributed by atoms with Crippen LogP contribution >= 0.6 is 22.6 Å². The first kappa shape index (κ1) is 8.42. The molecule has 0 fully saturated rings. The highest BCUT2D eigenvalue weighted by Crippen LogP contribution is 2.13. The van der Waals surface area contributed by atoms with Crippen molar-refractivity contribution in [1.29, 1.82) is 0 Å². The number of halogens is 1. The third-order valence-corrected chi connectivity index (χ3v) is 2.25. The van der Waals surface area contributed by atoms with E-state index in [9.17, 15) is 0 Å². The Hall–Kier alpha value is -1.18. The van der Waals surface area contributed by atoms with E-state index in [1.54, 1.807) is 23.3 Å². The van der Waals surface area contributed by atoms with Crippen LogP contribution in [0.2, 0.25) is 0 Å². The molecule has 66 valence electrons. The van der Waals surface area contributed by atoms with Crippen LogP contribution in [0.4, 0.5) is 5.95 Å². The lowest BCUT2D eigenvalue weighted by molar-refractivity contribution is 0.966. The van der Waals surface area contributed by atoms with Gasteiger partial charge in [0, 0.05) is 18.6 Å². The second-order valence-corrected chi connectivity index (χ2v) is 3.53. The maximum absolute atomic E-state index is 5.47. The molecule has 0 unspecified atom stereocenters. The topological polar surface area (TPSA) is 69.6 Å². The highest BCUT2D eigenvalue weighted by molar-refractivity contribution is 14.1. The predicted octanol–water partition coefficient (Wildman–Crippen LogP) is 0.849. The van der Waals surface area contributed by atoms with Gasteiger partial charge in [-0.1, -0.05) is 0 Å². The molecule has 6 heteroatoms. The molecular formula is C7H6IN5. The summed E-state index contributed by atoms with van der Waals surface area (Å²) < 4.78 is 2.73. The van der Waals surface area contributed by atoms with Crippen LogP contribution in [-0.2, 0) is 0 Å². The van der Waals surface area contributed by atoms with Gasteiger partial charge in [-0.3, -0.25) is 4.57 Å². The van der Waals surface area contributed by atoms with Crippen molar-refractivity contribution in [3.63, 3.8) is 0 Å². The third-order valence-electron chi connectivity index (χ3n) is 1.49. The van der Waals surface area contributed by atoms with Crippen molar-refractivity contribution in [2.24, 2.45) is 0 Å². The molecule has 0 aliphatic carbocycles. The van der Waals surface area contributed by atoms with E-state index in [0.29, 0.717) is 0 Å². The fraction of sp³-hybridized carbons (Fsp3) is 0. The number of nitrogen functional groups attached to an aromatic ring is 1. The van der Waals surface area contributed by atoms with E-state index in [1.807, 2.05) is 6.20 Å². The first-order chi connectivity index (χ1) is 6.27. The van der Waals surface area contributed by atoms with E-state index in [2.05, 4.69) is 37.5 Å². The number of anilines is 1. The van der Waals surface area contributed by atoms with Gasteiger partial charge in [0.25, 0.3) is 0 Å². The monoisotopic (exact) mass is 287 g/mol. The lowest BCUT2D eigenvalue weighted by Gasteiger charge is -2.03. The van der Waals surface area contributed by atoms with E-state index >= 15 is 0 Å². The van der Waals surface area contributed by atoms with Gasteiger partial charge in [0.2, 0.25) is 5.95 Å². The maximum Gasteiger partial charge on any atom is 0.222 e. The standard InChI is InChI=1S/C7H6IN5/c8-5-3-11-7(9)12-6(5)13-2-1-10-4-13/h1-4H,(H2,9,11,12). The van der Waals surface area contributed by atoms with Gasteiger partial charge in [-0.2, -0.15) is 4.98 Å². The van der Waals surface area contributed by atoms with Crippen LogP contribution in [0.15, 0.2) is 24.9 Å². The zero-order valence-electron chi connectivity index (χ0n) is 6.55. The zero-order valence-corrected chi connectivity index (χ0v) is 8.71. The summed E-state index contributed by atoms with van der Waals surface area (Å²) in [7, 11) is 0. The Labute approximate surface area is 88.2 Å². The van der Waals surface area contributed by atoms with Crippen molar-refractivity contribution in [1.82, 2.24) is 19.5 Å². The Bertz CT molecular complexity index is 411. The molecule has 2 N–H and O–H groups in total. The van der Waals surface area contributed by atoms with Crippen LogP contribution in [0.1, 0.15) is 0 Å². The minimum atomic E-state index is 0.268. The SMILES string of the molecule is Nc1ncc(I)c(-n2ccnc2)n1. The minimum absolute atomic E-state index is 0.268. The molecule has 13 heavy (non-hydrogen) atoms. The first-order valence-electron chi connectivity index (χ1n) is 3.54. The van der Waals surface area contributed by atoms with Gasteiger partial charge in [-0.25, -0.2) is 9.97 Å². The Morgan fingerprint density at radius 3 is 3.00 bits per heavy atom. The predicted molar refractivity (Wildman–Crippen MR) is 56.3 cm³/mol. The molecule has 0 amide bonds. The fourth-order valence-corrected chi connectivity index (χ4v) is 1.48. The third kappa shape index (κ3) is 1.62. The molecule has 0 saturated carbocycles. The van der Waals surface area contributed by atoms with Crippen LogP contribution in [0.3, 0.4) is 0 Å². The largest absolute Gasteiger partial charge is 0.368 e. The minimum Gasteiger partial charge on any atom is -0.368 e. The van der Waals surface area contributed by atoms with Crippen LogP contribution < -0.4 is 5.73 Å². The van der Waals surface area contributed by atoms with E-state index < -0.39 is 0 Å². The summed E-state index contributed by atoms with van der Waals surface area (Å²) >= 11 is 2.15. The Kier molecular flexibility index (Phi) is 2.13. The molecule has 0 aliphatic rings. The van der Waals surface area contributed by atoms with E-state index in [0.717, 1.165) is 9.39 Å². The van der Waals surface area contributed by atoms with Gasteiger partial charge in [0.1, 0.15) is 6.33 Å². The van der Waals surface area contributed by atoms with Crippen molar-refractivity contribution < 1.29 is 0 Å². The number of aromatic nitrogens is 4. The number of nitrogens with zero attached hydrogens (tertiary/aromatic N) is 4. The molecule has 5 nitrogen and oxygen atoms in total. The smallest absolute Gasteiger partial charge is 0.222 e. The summed E-state index contributed by atoms with van der Waals surface area (Å²) in [5, 5.41) is 0. The molecular weight excluding hydrogens is 281 g/mol. The Morgan fingerprint density at radius 2 is 2.31 bits per heavy atom. The van der Waals surface area contributed by atoms with Gasteiger partial charge >= 0.3 is 0 Å². The molecule has 0 aromatic carbocycles. The summed E-state index contributed by atoms with van der Waals surface area (Å²) in [5.41, 5.74) is 5.47. The summed E-state index contributed by atoms with van der Waals surface area (Å²) in [6, 6.07) is 0. The van der Waals surface area contributed by atoms with Crippen molar-refractivity contribution in [2.75, 3.05) is 5.73 Å². The Balaban J connectivity index is 2.57. The van der Waals surface area contributed by atoms with E-state index in [-0.39, 0.29) is 5.95 Å². The molecule has 0 atom stereocenters.